The maximum atomic E-state index is 13.2. The van der Waals surface area contributed by atoms with Crippen LogP contribution in [-0.2, 0) is 0 Å². The van der Waals surface area contributed by atoms with Gasteiger partial charge in [-0.3, -0.25) is 9.59 Å². The van der Waals surface area contributed by atoms with E-state index in [1.165, 1.54) is 0 Å². The molecule has 0 aliphatic carbocycles. The fourth-order valence-electron chi connectivity index (χ4n) is 4.48. The minimum Gasteiger partial charge on any atom is -0.333 e. The second-order valence-electron chi connectivity index (χ2n) is 8.88. The summed E-state index contributed by atoms with van der Waals surface area (Å²) >= 11 is 0. The van der Waals surface area contributed by atoms with Crippen molar-refractivity contribution in [2.75, 3.05) is 19.6 Å². The van der Waals surface area contributed by atoms with E-state index in [2.05, 4.69) is 22.1 Å². The van der Waals surface area contributed by atoms with Crippen molar-refractivity contribution in [1.82, 2.24) is 19.8 Å². The maximum absolute atomic E-state index is 13.2. The highest BCUT2D eigenvalue weighted by atomic mass is 16.2. The van der Waals surface area contributed by atoms with Gasteiger partial charge in [0.15, 0.2) is 0 Å². The van der Waals surface area contributed by atoms with Crippen LogP contribution in [0.3, 0.4) is 0 Å². The lowest BCUT2D eigenvalue weighted by Crippen LogP contribution is -2.55. The summed E-state index contributed by atoms with van der Waals surface area (Å²) in [5.74, 6) is -0.202. The van der Waals surface area contributed by atoms with Crippen LogP contribution in [0.4, 0.5) is 0 Å². The molecule has 6 nitrogen and oxygen atoms in total. The number of pyridine rings is 2. The van der Waals surface area contributed by atoms with Gasteiger partial charge in [-0.15, -0.1) is 0 Å². The van der Waals surface area contributed by atoms with Crippen molar-refractivity contribution in [2.24, 2.45) is 0 Å². The zero-order valence-electron chi connectivity index (χ0n) is 19.1. The number of hydrogen-bond donors (Lipinski definition) is 0. The molecule has 0 radical (unpaired) electrons. The molecule has 0 spiro atoms. The predicted molar refractivity (Wildman–Crippen MR) is 129 cm³/mol. The molecule has 1 aliphatic rings. The van der Waals surface area contributed by atoms with Gasteiger partial charge in [-0.1, -0.05) is 35.4 Å². The molecule has 1 fully saturated rings. The average molecular weight is 439 g/mol. The van der Waals surface area contributed by atoms with Crippen molar-refractivity contribution in [2.45, 2.75) is 26.8 Å². The Morgan fingerprint density at radius 3 is 1.85 bits per heavy atom. The summed E-state index contributed by atoms with van der Waals surface area (Å²) in [7, 11) is 0. The number of aryl methyl sites for hydroxylation is 2. The molecule has 0 unspecified atom stereocenters. The third-order valence-corrected chi connectivity index (χ3v) is 6.30. The summed E-state index contributed by atoms with van der Waals surface area (Å²) in [6.07, 6.45) is 0. The van der Waals surface area contributed by atoms with Gasteiger partial charge in [-0.2, -0.15) is 0 Å². The number of carbonyl (C=O) groups is 2. The van der Waals surface area contributed by atoms with Crippen molar-refractivity contribution in [3.63, 3.8) is 0 Å². The molecule has 0 bridgehead atoms. The van der Waals surface area contributed by atoms with E-state index >= 15 is 0 Å². The summed E-state index contributed by atoms with van der Waals surface area (Å²) in [4.78, 5) is 39.1. The number of rotatable bonds is 2. The lowest BCUT2D eigenvalue weighted by Gasteiger charge is -2.39. The van der Waals surface area contributed by atoms with Gasteiger partial charge in [0.05, 0.1) is 11.0 Å². The van der Waals surface area contributed by atoms with E-state index in [0.717, 1.165) is 32.9 Å². The van der Waals surface area contributed by atoms with Gasteiger partial charge in [0.1, 0.15) is 11.4 Å². The van der Waals surface area contributed by atoms with Crippen LogP contribution in [0.25, 0.3) is 21.8 Å². The van der Waals surface area contributed by atoms with E-state index < -0.39 is 0 Å². The van der Waals surface area contributed by atoms with Crippen LogP contribution in [-0.4, -0.2) is 57.3 Å². The van der Waals surface area contributed by atoms with Crippen LogP contribution in [0, 0.1) is 13.8 Å². The monoisotopic (exact) mass is 438 g/mol. The molecule has 3 heterocycles. The first-order valence-corrected chi connectivity index (χ1v) is 11.2. The Labute approximate surface area is 192 Å². The van der Waals surface area contributed by atoms with E-state index in [1.807, 2.05) is 62.1 Å². The zero-order chi connectivity index (χ0) is 23.1. The second kappa shape index (κ2) is 8.28. The van der Waals surface area contributed by atoms with Crippen LogP contribution >= 0.6 is 0 Å². The Hall–Kier alpha value is -3.80. The second-order valence-corrected chi connectivity index (χ2v) is 8.88. The Morgan fingerprint density at radius 1 is 0.758 bits per heavy atom. The van der Waals surface area contributed by atoms with Crippen molar-refractivity contribution in [3.05, 3.63) is 83.2 Å². The van der Waals surface area contributed by atoms with Gasteiger partial charge >= 0.3 is 0 Å². The third-order valence-electron chi connectivity index (χ3n) is 6.30. The molecule has 2 aromatic carbocycles. The van der Waals surface area contributed by atoms with Crippen LogP contribution in [0.5, 0.6) is 0 Å². The molecule has 166 valence electrons. The fraction of sp³-hybridized carbons (Fsp3) is 0.259. The summed E-state index contributed by atoms with van der Waals surface area (Å²) in [5, 5.41) is 2.04. The Kier molecular flexibility index (Phi) is 5.29. The van der Waals surface area contributed by atoms with E-state index in [-0.39, 0.29) is 17.9 Å². The number of benzene rings is 2. The van der Waals surface area contributed by atoms with Crippen LogP contribution in [0.15, 0.2) is 60.7 Å². The molecule has 2 aromatic heterocycles. The van der Waals surface area contributed by atoms with Crippen LogP contribution < -0.4 is 0 Å². The molecule has 6 heteroatoms. The lowest BCUT2D eigenvalue weighted by atomic mass is 10.1. The lowest BCUT2D eigenvalue weighted by molar-refractivity contribution is 0.0408. The molecule has 1 atom stereocenters. The van der Waals surface area contributed by atoms with Crippen molar-refractivity contribution >= 4 is 33.6 Å². The number of aromatic nitrogens is 2. The SMILES string of the molecule is Cc1ccc2nc(C(=O)N3CCN(C(=O)c4ccc5cc(C)ccc5n4)[C@@H](C)C3)ccc2c1. The number of amides is 2. The highest BCUT2D eigenvalue weighted by Gasteiger charge is 2.31. The van der Waals surface area contributed by atoms with Gasteiger partial charge in [0.2, 0.25) is 0 Å². The van der Waals surface area contributed by atoms with Gasteiger partial charge in [-0.05, 0) is 57.2 Å². The Bertz CT molecular complexity index is 1400. The quantitative estimate of drug-likeness (QED) is 0.466. The summed E-state index contributed by atoms with van der Waals surface area (Å²) in [6, 6.07) is 19.3. The number of piperazine rings is 1. The maximum Gasteiger partial charge on any atom is 0.272 e. The minimum absolute atomic E-state index is 0.101. The first kappa shape index (κ1) is 21.1. The minimum atomic E-state index is -0.117. The fourth-order valence-corrected chi connectivity index (χ4v) is 4.48. The van der Waals surface area contributed by atoms with Crippen LogP contribution in [0.1, 0.15) is 39.0 Å². The van der Waals surface area contributed by atoms with Gasteiger partial charge in [0.25, 0.3) is 11.8 Å². The van der Waals surface area contributed by atoms with Crippen molar-refractivity contribution < 1.29 is 9.59 Å². The molecule has 1 aliphatic heterocycles. The summed E-state index contributed by atoms with van der Waals surface area (Å²) < 4.78 is 0. The van der Waals surface area contributed by atoms with Crippen LogP contribution in [0.2, 0.25) is 0 Å². The van der Waals surface area contributed by atoms with E-state index in [1.54, 1.807) is 17.0 Å². The number of fused-ring (bicyclic) bond motifs is 2. The van der Waals surface area contributed by atoms with Crippen molar-refractivity contribution in [3.8, 4) is 0 Å². The standard InChI is InChI=1S/C27H26N4O2/c1-17-4-8-22-20(14-17)6-10-24(28-22)26(32)30-12-13-31(19(3)16-30)27(33)25-11-7-21-15-18(2)5-9-23(21)29-25/h4-11,14-15,19H,12-13,16H2,1-3H3/t19-/m0/s1. The molecule has 33 heavy (non-hydrogen) atoms. The van der Waals surface area contributed by atoms with E-state index in [0.29, 0.717) is 31.0 Å². The first-order valence-electron chi connectivity index (χ1n) is 11.2. The molecule has 4 aromatic rings. The number of nitrogens with zero attached hydrogens (tertiary/aromatic N) is 4. The average Bonchev–Trinajstić information content (AvgIpc) is 2.82. The predicted octanol–water partition coefficient (Wildman–Crippen LogP) is 4.39. The highest BCUT2D eigenvalue weighted by Crippen LogP contribution is 2.20. The van der Waals surface area contributed by atoms with Gasteiger partial charge in [0, 0.05) is 36.4 Å². The summed E-state index contributed by atoms with van der Waals surface area (Å²) in [6.45, 7) is 7.44. The molecule has 1 saturated heterocycles. The zero-order valence-corrected chi connectivity index (χ0v) is 19.1. The normalized spacial score (nSPS) is 16.4. The first-order chi connectivity index (χ1) is 15.9. The largest absolute Gasteiger partial charge is 0.333 e. The number of hydrogen-bond acceptors (Lipinski definition) is 4. The van der Waals surface area contributed by atoms with Gasteiger partial charge in [-0.25, -0.2) is 9.97 Å². The molecule has 0 saturated carbocycles. The van der Waals surface area contributed by atoms with E-state index in [4.69, 9.17) is 0 Å². The molecule has 5 rings (SSSR count). The molecular formula is C27H26N4O2. The van der Waals surface area contributed by atoms with Gasteiger partial charge < -0.3 is 9.80 Å². The Balaban J connectivity index is 1.31. The van der Waals surface area contributed by atoms with E-state index in [9.17, 15) is 9.59 Å². The third kappa shape index (κ3) is 4.04. The van der Waals surface area contributed by atoms with Crippen molar-refractivity contribution in [1.29, 1.82) is 0 Å². The number of carbonyl (C=O) groups excluding carboxylic acids is 2. The molecule has 2 amide bonds. The summed E-state index contributed by atoms with van der Waals surface area (Å²) in [5.41, 5.74) is 4.81. The topological polar surface area (TPSA) is 66.4 Å². The smallest absolute Gasteiger partial charge is 0.272 e. The highest BCUT2D eigenvalue weighted by molar-refractivity contribution is 5.97. The molecular weight excluding hydrogens is 412 g/mol. The molecule has 0 N–H and O–H groups in total. The Morgan fingerprint density at radius 2 is 1.30 bits per heavy atom.